The molecule has 0 fully saturated rings. The number of ether oxygens (including phenoxy) is 1. The second kappa shape index (κ2) is 7.57. The van der Waals surface area contributed by atoms with Crippen molar-refractivity contribution < 1.29 is 19.2 Å². The number of rotatable bonds is 3. The first-order valence-corrected chi connectivity index (χ1v) is 10.9. The second-order valence-electron chi connectivity index (χ2n) is 7.97. The van der Waals surface area contributed by atoms with Crippen LogP contribution in [0, 0.1) is 6.92 Å². The molecule has 0 spiro atoms. The van der Waals surface area contributed by atoms with Crippen LogP contribution in [0.3, 0.4) is 0 Å². The van der Waals surface area contributed by atoms with Crippen molar-refractivity contribution in [1.29, 1.82) is 0 Å². The van der Waals surface area contributed by atoms with Crippen molar-refractivity contribution in [3.8, 4) is 11.5 Å². The van der Waals surface area contributed by atoms with Crippen molar-refractivity contribution in [1.82, 2.24) is 5.16 Å². The standard InChI is InChI=1S/C24H21BrN2O4/c1-12-21-22(13-3-6-16(25)7-4-13)23-17(26-24(21)31-27-12)9-15(10-19(23)29)14-5-8-18(28)20(11-14)30-2/h3-8,11,15,22,26,28H,9-10H2,1-2H3/t15-,22+/m1/s1. The average Bonchev–Trinajstić information content (AvgIpc) is 3.13. The summed E-state index contributed by atoms with van der Waals surface area (Å²) in [4.78, 5) is 13.5. The Hall–Kier alpha value is -3.06. The first kappa shape index (κ1) is 19.9. The molecule has 5 rings (SSSR count). The lowest BCUT2D eigenvalue weighted by Crippen LogP contribution is -2.29. The van der Waals surface area contributed by atoms with Crippen molar-refractivity contribution >= 4 is 27.6 Å². The summed E-state index contributed by atoms with van der Waals surface area (Å²) in [6, 6.07) is 13.3. The van der Waals surface area contributed by atoms with Crippen LogP contribution in [0.5, 0.6) is 11.5 Å². The topological polar surface area (TPSA) is 84.6 Å². The summed E-state index contributed by atoms with van der Waals surface area (Å²) in [6.07, 6.45) is 1.04. The number of ketones is 1. The zero-order valence-electron chi connectivity index (χ0n) is 17.1. The maximum atomic E-state index is 13.5. The van der Waals surface area contributed by atoms with Crippen LogP contribution in [-0.2, 0) is 4.79 Å². The third kappa shape index (κ3) is 3.33. The van der Waals surface area contributed by atoms with Crippen LogP contribution in [0.2, 0.25) is 0 Å². The van der Waals surface area contributed by atoms with E-state index in [-0.39, 0.29) is 23.4 Å². The number of carbonyl (C=O) groups is 1. The van der Waals surface area contributed by atoms with Gasteiger partial charge in [0, 0.05) is 28.1 Å². The highest BCUT2D eigenvalue weighted by atomic mass is 79.9. The van der Waals surface area contributed by atoms with E-state index in [1.807, 2.05) is 37.3 Å². The number of nitrogens with zero attached hydrogens (tertiary/aromatic N) is 1. The van der Waals surface area contributed by atoms with Crippen LogP contribution < -0.4 is 10.1 Å². The predicted octanol–water partition coefficient (Wildman–Crippen LogP) is 5.42. The molecule has 7 heteroatoms. The number of benzene rings is 2. The molecule has 6 nitrogen and oxygen atoms in total. The Labute approximate surface area is 188 Å². The summed E-state index contributed by atoms with van der Waals surface area (Å²) in [5.41, 5.74) is 5.33. The maximum Gasteiger partial charge on any atom is 0.233 e. The van der Waals surface area contributed by atoms with Crippen LogP contribution >= 0.6 is 15.9 Å². The molecule has 0 radical (unpaired) electrons. The number of carbonyl (C=O) groups excluding carboxylic acids is 1. The number of hydrogen-bond donors (Lipinski definition) is 2. The number of aryl methyl sites for hydroxylation is 1. The van der Waals surface area contributed by atoms with Gasteiger partial charge in [0.05, 0.1) is 18.4 Å². The van der Waals surface area contributed by atoms with E-state index in [0.717, 1.165) is 38.1 Å². The average molecular weight is 481 g/mol. The van der Waals surface area contributed by atoms with Crippen LogP contribution in [0.4, 0.5) is 5.88 Å². The normalized spacial score (nSPS) is 20.2. The number of fused-ring (bicyclic) bond motifs is 1. The van der Waals surface area contributed by atoms with E-state index in [1.54, 1.807) is 12.1 Å². The number of anilines is 1. The van der Waals surface area contributed by atoms with Crippen LogP contribution in [0.1, 0.15) is 47.1 Å². The number of aromatic nitrogens is 1. The monoisotopic (exact) mass is 480 g/mol. The highest BCUT2D eigenvalue weighted by Gasteiger charge is 2.41. The number of methoxy groups -OCH3 is 1. The number of allylic oxidation sites excluding steroid dienone is 2. The molecule has 0 bridgehead atoms. The molecule has 0 saturated carbocycles. The van der Waals surface area contributed by atoms with Crippen molar-refractivity contribution in [2.75, 3.05) is 12.4 Å². The minimum atomic E-state index is -0.214. The third-order valence-corrected chi connectivity index (χ3v) is 6.67. The van der Waals surface area contributed by atoms with Crippen molar-refractivity contribution in [3.05, 3.63) is 80.6 Å². The summed E-state index contributed by atoms with van der Waals surface area (Å²) in [5, 5.41) is 17.4. The quantitative estimate of drug-likeness (QED) is 0.520. The van der Waals surface area contributed by atoms with Crippen LogP contribution in [0.25, 0.3) is 0 Å². The van der Waals surface area contributed by atoms with Gasteiger partial charge in [-0.3, -0.25) is 4.79 Å². The molecule has 31 heavy (non-hydrogen) atoms. The molecule has 3 aromatic rings. The molecule has 1 aromatic heterocycles. The zero-order valence-corrected chi connectivity index (χ0v) is 18.7. The van der Waals surface area contributed by atoms with Gasteiger partial charge < -0.3 is 19.7 Å². The van der Waals surface area contributed by atoms with Gasteiger partial charge in [0.15, 0.2) is 17.3 Å². The van der Waals surface area contributed by atoms with Gasteiger partial charge in [-0.1, -0.05) is 39.3 Å². The fourth-order valence-corrected chi connectivity index (χ4v) is 4.91. The van der Waals surface area contributed by atoms with E-state index >= 15 is 0 Å². The van der Waals surface area contributed by atoms with E-state index in [9.17, 15) is 9.90 Å². The third-order valence-electron chi connectivity index (χ3n) is 6.14. The van der Waals surface area contributed by atoms with E-state index in [2.05, 4.69) is 26.4 Å². The molecule has 1 aliphatic heterocycles. The van der Waals surface area contributed by atoms with Crippen LogP contribution in [-0.4, -0.2) is 23.2 Å². The highest BCUT2D eigenvalue weighted by Crippen LogP contribution is 2.49. The van der Waals surface area contributed by atoms with Gasteiger partial charge in [-0.15, -0.1) is 0 Å². The maximum absolute atomic E-state index is 13.5. The minimum absolute atomic E-state index is 0.0237. The molecular formula is C24H21BrN2O4. The van der Waals surface area contributed by atoms with E-state index in [0.29, 0.717) is 24.5 Å². The molecule has 2 N–H and O–H groups in total. The Morgan fingerprint density at radius 2 is 1.90 bits per heavy atom. The van der Waals surface area contributed by atoms with Crippen molar-refractivity contribution in [3.63, 3.8) is 0 Å². The Morgan fingerprint density at radius 1 is 1.16 bits per heavy atom. The smallest absolute Gasteiger partial charge is 0.233 e. The fraction of sp³-hybridized carbons (Fsp3) is 0.250. The number of phenols is 1. The lowest BCUT2D eigenvalue weighted by Gasteiger charge is -2.34. The number of aromatic hydroxyl groups is 1. The number of Topliss-reactive ketones (excluding diaryl/α,β-unsaturated/α-hetero) is 1. The fourth-order valence-electron chi connectivity index (χ4n) is 4.64. The molecule has 2 heterocycles. The Bertz CT molecular complexity index is 1210. The predicted molar refractivity (Wildman–Crippen MR) is 120 cm³/mol. The molecule has 158 valence electrons. The lowest BCUT2D eigenvalue weighted by atomic mass is 9.72. The number of nitrogens with one attached hydrogen (secondary N) is 1. The summed E-state index contributed by atoms with van der Waals surface area (Å²) >= 11 is 3.49. The molecule has 0 unspecified atom stereocenters. The van der Waals surface area contributed by atoms with Crippen LogP contribution in [0.15, 0.2) is 62.7 Å². The van der Waals surface area contributed by atoms with Crippen molar-refractivity contribution in [2.24, 2.45) is 0 Å². The molecule has 0 amide bonds. The largest absolute Gasteiger partial charge is 0.504 e. The van der Waals surface area contributed by atoms with Gasteiger partial charge in [-0.05, 0) is 54.7 Å². The van der Waals surface area contributed by atoms with Gasteiger partial charge in [0.1, 0.15) is 0 Å². The summed E-state index contributed by atoms with van der Waals surface area (Å²) in [6.45, 7) is 1.90. The number of hydrogen-bond acceptors (Lipinski definition) is 6. The molecule has 1 aliphatic carbocycles. The number of phenolic OH excluding ortho intramolecular Hbond substituents is 1. The summed E-state index contributed by atoms with van der Waals surface area (Å²) < 4.78 is 11.8. The molecule has 0 saturated heterocycles. The van der Waals surface area contributed by atoms with E-state index < -0.39 is 0 Å². The lowest BCUT2D eigenvalue weighted by molar-refractivity contribution is -0.116. The SMILES string of the molecule is COc1cc([C@H]2CC(=O)C3=C(C2)Nc2onc(C)c2[C@@H]3c2ccc(Br)cc2)ccc1O. The first-order valence-electron chi connectivity index (χ1n) is 10.1. The molecule has 2 aromatic carbocycles. The second-order valence-corrected chi connectivity index (χ2v) is 8.89. The van der Waals surface area contributed by atoms with E-state index in [4.69, 9.17) is 9.26 Å². The van der Waals surface area contributed by atoms with Gasteiger partial charge >= 0.3 is 0 Å². The highest BCUT2D eigenvalue weighted by molar-refractivity contribution is 9.10. The van der Waals surface area contributed by atoms with Gasteiger partial charge in [-0.2, -0.15) is 0 Å². The first-order chi connectivity index (χ1) is 15.0. The van der Waals surface area contributed by atoms with E-state index in [1.165, 1.54) is 7.11 Å². The molecular weight excluding hydrogens is 460 g/mol. The Morgan fingerprint density at radius 3 is 2.65 bits per heavy atom. The van der Waals surface area contributed by atoms with Gasteiger partial charge in [0.2, 0.25) is 5.88 Å². The zero-order chi connectivity index (χ0) is 21.7. The molecule has 2 atom stereocenters. The summed E-state index contributed by atoms with van der Waals surface area (Å²) in [5.74, 6) is 0.951. The van der Waals surface area contributed by atoms with Crippen molar-refractivity contribution in [2.45, 2.75) is 31.6 Å². The Balaban J connectivity index is 1.59. The number of halogens is 1. The summed E-state index contributed by atoms with van der Waals surface area (Å²) in [7, 11) is 1.52. The Kier molecular flexibility index (Phi) is 4.85. The van der Waals surface area contributed by atoms with Gasteiger partial charge in [0.25, 0.3) is 0 Å². The minimum Gasteiger partial charge on any atom is -0.504 e. The van der Waals surface area contributed by atoms with Gasteiger partial charge in [-0.25, -0.2) is 0 Å². The molecule has 2 aliphatic rings.